The predicted octanol–water partition coefficient (Wildman–Crippen LogP) is 2.78. The van der Waals surface area contributed by atoms with Crippen LogP contribution < -0.4 is 15.4 Å². The molecule has 0 saturated heterocycles. The van der Waals surface area contributed by atoms with Crippen molar-refractivity contribution in [1.29, 1.82) is 0 Å². The Kier molecular flexibility index (Phi) is 8.54. The monoisotopic (exact) mass is 382 g/mol. The van der Waals surface area contributed by atoms with E-state index in [4.69, 9.17) is 9.26 Å². The standard InChI is InChI=1S/C18H26N4O3.ClH/c1-11(2)16(18-20-15(22-25-18)10-12(3)19-4)21-17(23)13-8-6-7-9-14(13)24-5;/h6-9,11-12,16,19H,10H2,1-5H3,(H,21,23);1H. The molecule has 1 aromatic carbocycles. The lowest BCUT2D eigenvalue weighted by Crippen LogP contribution is -2.32. The fraction of sp³-hybridized carbons (Fsp3) is 0.500. The van der Waals surface area contributed by atoms with Crippen molar-refractivity contribution in [3.8, 4) is 5.75 Å². The number of carbonyl (C=O) groups excluding carboxylic acids is 1. The van der Waals surface area contributed by atoms with E-state index in [0.717, 1.165) is 0 Å². The number of methoxy groups -OCH3 is 1. The Morgan fingerprint density at radius 2 is 1.96 bits per heavy atom. The highest BCUT2D eigenvalue weighted by molar-refractivity contribution is 5.97. The average Bonchev–Trinajstić information content (AvgIpc) is 3.06. The second-order valence-electron chi connectivity index (χ2n) is 6.34. The third kappa shape index (κ3) is 5.44. The van der Waals surface area contributed by atoms with Crippen LogP contribution in [-0.4, -0.2) is 36.2 Å². The maximum atomic E-state index is 12.7. The van der Waals surface area contributed by atoms with Crippen LogP contribution in [0.3, 0.4) is 0 Å². The second-order valence-corrected chi connectivity index (χ2v) is 6.34. The molecule has 7 nitrogen and oxygen atoms in total. The van der Waals surface area contributed by atoms with E-state index in [2.05, 4.69) is 20.8 Å². The quantitative estimate of drug-likeness (QED) is 0.729. The van der Waals surface area contributed by atoms with Crippen molar-refractivity contribution >= 4 is 18.3 Å². The summed E-state index contributed by atoms with van der Waals surface area (Å²) in [6.45, 7) is 6.03. The average molecular weight is 383 g/mol. The first kappa shape index (κ1) is 21.9. The van der Waals surface area contributed by atoms with Gasteiger partial charge in [0.2, 0.25) is 5.89 Å². The molecular formula is C18H27ClN4O3. The van der Waals surface area contributed by atoms with Gasteiger partial charge >= 0.3 is 0 Å². The minimum absolute atomic E-state index is 0. The molecule has 0 aliphatic heterocycles. The number of nitrogens with one attached hydrogen (secondary N) is 2. The zero-order chi connectivity index (χ0) is 18.4. The minimum atomic E-state index is -0.372. The summed E-state index contributed by atoms with van der Waals surface area (Å²) in [4.78, 5) is 17.1. The van der Waals surface area contributed by atoms with Gasteiger partial charge in [0.1, 0.15) is 11.8 Å². The van der Waals surface area contributed by atoms with Crippen LogP contribution in [0.5, 0.6) is 5.75 Å². The molecule has 26 heavy (non-hydrogen) atoms. The van der Waals surface area contributed by atoms with Gasteiger partial charge in [0.25, 0.3) is 5.91 Å². The molecule has 2 rings (SSSR count). The predicted molar refractivity (Wildman–Crippen MR) is 102 cm³/mol. The SMILES string of the molecule is CNC(C)Cc1noc(C(NC(=O)c2ccccc2OC)C(C)C)n1.Cl. The Morgan fingerprint density at radius 1 is 1.27 bits per heavy atom. The summed E-state index contributed by atoms with van der Waals surface area (Å²) in [5.74, 6) is 1.41. The van der Waals surface area contributed by atoms with Gasteiger partial charge in [-0.1, -0.05) is 31.1 Å². The molecule has 2 atom stereocenters. The van der Waals surface area contributed by atoms with Crippen molar-refractivity contribution in [2.45, 2.75) is 39.3 Å². The summed E-state index contributed by atoms with van der Waals surface area (Å²) in [5.41, 5.74) is 0.471. The lowest BCUT2D eigenvalue weighted by atomic mass is 10.0. The number of halogens is 1. The summed E-state index contributed by atoms with van der Waals surface area (Å²) in [7, 11) is 3.43. The van der Waals surface area contributed by atoms with Crippen molar-refractivity contribution < 1.29 is 14.1 Å². The molecule has 1 aromatic heterocycles. The highest BCUT2D eigenvalue weighted by Crippen LogP contribution is 2.23. The number of hydrogen-bond acceptors (Lipinski definition) is 6. The molecule has 144 valence electrons. The van der Waals surface area contributed by atoms with Gasteiger partial charge in [0.05, 0.1) is 12.7 Å². The van der Waals surface area contributed by atoms with Gasteiger partial charge in [-0.05, 0) is 32.0 Å². The molecule has 0 fully saturated rings. The smallest absolute Gasteiger partial charge is 0.255 e. The largest absolute Gasteiger partial charge is 0.496 e. The molecule has 2 unspecified atom stereocenters. The molecular weight excluding hydrogens is 356 g/mol. The number of rotatable bonds is 8. The Hall–Kier alpha value is -2.12. The van der Waals surface area contributed by atoms with E-state index >= 15 is 0 Å². The van der Waals surface area contributed by atoms with E-state index in [-0.39, 0.29) is 36.3 Å². The van der Waals surface area contributed by atoms with Gasteiger partial charge in [-0.2, -0.15) is 4.98 Å². The van der Waals surface area contributed by atoms with Gasteiger partial charge in [-0.15, -0.1) is 12.4 Å². The molecule has 0 aliphatic carbocycles. The van der Waals surface area contributed by atoms with Crippen LogP contribution >= 0.6 is 12.4 Å². The number of likely N-dealkylation sites (N-methyl/N-ethyl adjacent to an activating group) is 1. The lowest BCUT2D eigenvalue weighted by molar-refractivity contribution is 0.0911. The highest BCUT2D eigenvalue weighted by Gasteiger charge is 2.26. The maximum Gasteiger partial charge on any atom is 0.255 e. The van der Waals surface area contributed by atoms with Crippen molar-refractivity contribution in [2.24, 2.45) is 5.92 Å². The topological polar surface area (TPSA) is 89.3 Å². The number of nitrogens with zero attached hydrogens (tertiary/aromatic N) is 2. The molecule has 0 aliphatic rings. The molecule has 2 aromatic rings. The Labute approximate surface area is 160 Å². The van der Waals surface area contributed by atoms with Crippen molar-refractivity contribution in [2.75, 3.05) is 14.2 Å². The summed E-state index contributed by atoms with van der Waals surface area (Å²) in [6.07, 6.45) is 0.658. The summed E-state index contributed by atoms with van der Waals surface area (Å²) in [5, 5.41) is 10.1. The van der Waals surface area contributed by atoms with Crippen LogP contribution in [0.15, 0.2) is 28.8 Å². The third-order valence-electron chi connectivity index (χ3n) is 4.04. The number of ether oxygens (including phenoxy) is 1. The fourth-order valence-electron chi connectivity index (χ4n) is 2.42. The normalized spacial score (nSPS) is 13.0. The van der Waals surface area contributed by atoms with Crippen LogP contribution in [0.25, 0.3) is 0 Å². The van der Waals surface area contributed by atoms with Gasteiger partial charge in [-0.3, -0.25) is 4.79 Å². The first-order chi connectivity index (χ1) is 12.0. The molecule has 0 saturated carbocycles. The number of aromatic nitrogens is 2. The molecule has 1 heterocycles. The fourth-order valence-corrected chi connectivity index (χ4v) is 2.42. The van der Waals surface area contributed by atoms with E-state index in [9.17, 15) is 4.79 Å². The van der Waals surface area contributed by atoms with Crippen LogP contribution in [0.1, 0.15) is 48.9 Å². The molecule has 2 N–H and O–H groups in total. The van der Waals surface area contributed by atoms with Crippen LogP contribution in [0.2, 0.25) is 0 Å². The van der Waals surface area contributed by atoms with Gasteiger partial charge in [-0.25, -0.2) is 0 Å². The van der Waals surface area contributed by atoms with Gasteiger partial charge in [0.15, 0.2) is 5.82 Å². The third-order valence-corrected chi connectivity index (χ3v) is 4.04. The number of benzene rings is 1. The summed E-state index contributed by atoms with van der Waals surface area (Å²) in [6, 6.07) is 6.96. The Balaban J connectivity index is 0.00000338. The number of para-hydroxylation sites is 1. The van der Waals surface area contributed by atoms with E-state index in [1.807, 2.05) is 33.9 Å². The van der Waals surface area contributed by atoms with Crippen molar-refractivity contribution in [1.82, 2.24) is 20.8 Å². The number of amides is 1. The highest BCUT2D eigenvalue weighted by atomic mass is 35.5. The van der Waals surface area contributed by atoms with Crippen LogP contribution in [-0.2, 0) is 6.42 Å². The second kappa shape index (κ2) is 10.1. The van der Waals surface area contributed by atoms with Crippen LogP contribution in [0.4, 0.5) is 0 Å². The first-order valence-corrected chi connectivity index (χ1v) is 8.39. The molecule has 0 radical (unpaired) electrons. The van der Waals surface area contributed by atoms with E-state index in [0.29, 0.717) is 29.4 Å². The Bertz CT molecular complexity index is 705. The lowest BCUT2D eigenvalue weighted by Gasteiger charge is -2.19. The first-order valence-electron chi connectivity index (χ1n) is 8.39. The van der Waals surface area contributed by atoms with Gasteiger partial charge < -0.3 is 19.9 Å². The number of hydrogen-bond donors (Lipinski definition) is 2. The molecule has 0 bridgehead atoms. The van der Waals surface area contributed by atoms with Crippen molar-refractivity contribution in [3.63, 3.8) is 0 Å². The van der Waals surface area contributed by atoms with E-state index < -0.39 is 0 Å². The molecule has 0 spiro atoms. The minimum Gasteiger partial charge on any atom is -0.496 e. The summed E-state index contributed by atoms with van der Waals surface area (Å²) >= 11 is 0. The zero-order valence-corrected chi connectivity index (χ0v) is 16.6. The molecule has 8 heteroatoms. The van der Waals surface area contributed by atoms with Crippen LogP contribution in [0, 0.1) is 5.92 Å². The van der Waals surface area contributed by atoms with Gasteiger partial charge in [0, 0.05) is 12.5 Å². The van der Waals surface area contributed by atoms with Crippen molar-refractivity contribution in [3.05, 3.63) is 41.5 Å². The number of carbonyl (C=O) groups is 1. The van der Waals surface area contributed by atoms with E-state index in [1.165, 1.54) is 0 Å². The molecule has 1 amide bonds. The zero-order valence-electron chi connectivity index (χ0n) is 15.8. The summed E-state index contributed by atoms with van der Waals surface area (Å²) < 4.78 is 10.6. The van der Waals surface area contributed by atoms with E-state index in [1.54, 1.807) is 25.3 Å². The Morgan fingerprint density at radius 3 is 2.58 bits per heavy atom. The maximum absolute atomic E-state index is 12.7.